The van der Waals surface area contributed by atoms with Gasteiger partial charge in [-0.15, -0.1) is 11.3 Å². The molecular weight excluding hydrogens is 356 g/mol. The Morgan fingerprint density at radius 1 is 1.20 bits per heavy atom. The lowest BCUT2D eigenvalue weighted by molar-refractivity contribution is 0.0929. The Hall–Kier alpha value is -1.85. The molecule has 3 rings (SSSR count). The van der Waals surface area contributed by atoms with Gasteiger partial charge in [-0.25, -0.2) is 0 Å². The third-order valence-corrected chi connectivity index (χ3v) is 5.93. The summed E-state index contributed by atoms with van der Waals surface area (Å²) in [5, 5.41) is 6.05. The number of rotatable bonds is 5. The maximum absolute atomic E-state index is 12.3. The van der Waals surface area contributed by atoms with Crippen molar-refractivity contribution in [1.82, 2.24) is 10.6 Å². The van der Waals surface area contributed by atoms with Crippen LogP contribution in [0.25, 0.3) is 0 Å². The van der Waals surface area contributed by atoms with E-state index in [1.54, 1.807) is 35.6 Å². The van der Waals surface area contributed by atoms with Crippen molar-refractivity contribution in [1.29, 1.82) is 0 Å². The molecule has 0 aliphatic heterocycles. The Balaban J connectivity index is 1.47. The van der Waals surface area contributed by atoms with E-state index in [2.05, 4.69) is 17.6 Å². The van der Waals surface area contributed by atoms with Gasteiger partial charge in [-0.2, -0.15) is 0 Å². The van der Waals surface area contributed by atoms with Gasteiger partial charge in [0.1, 0.15) is 0 Å². The topological polar surface area (TPSA) is 58.2 Å². The van der Waals surface area contributed by atoms with Crippen LogP contribution in [0.3, 0.4) is 0 Å². The highest BCUT2D eigenvalue weighted by molar-refractivity contribution is 7.14. The molecule has 4 nitrogen and oxygen atoms in total. The molecule has 0 bridgehead atoms. The van der Waals surface area contributed by atoms with Gasteiger partial charge >= 0.3 is 0 Å². The summed E-state index contributed by atoms with van der Waals surface area (Å²) in [6.45, 7) is 2.99. The molecule has 0 saturated carbocycles. The summed E-state index contributed by atoms with van der Waals surface area (Å²) in [7, 11) is 0. The van der Waals surface area contributed by atoms with E-state index in [0.717, 1.165) is 17.7 Å². The monoisotopic (exact) mass is 376 g/mol. The second-order valence-electron chi connectivity index (χ2n) is 6.40. The SMILES string of the molecule is CC1CCc2sc(C(=O)NCCNC(=O)c3ccccc3Cl)cc2C1. The maximum atomic E-state index is 12.3. The van der Waals surface area contributed by atoms with Crippen LogP contribution in [0, 0.1) is 5.92 Å². The van der Waals surface area contributed by atoms with Crippen molar-refractivity contribution in [3.05, 3.63) is 56.2 Å². The van der Waals surface area contributed by atoms with Gasteiger partial charge in [0.25, 0.3) is 11.8 Å². The van der Waals surface area contributed by atoms with Crippen molar-refractivity contribution in [2.24, 2.45) is 5.92 Å². The van der Waals surface area contributed by atoms with E-state index in [0.29, 0.717) is 29.6 Å². The normalized spacial score (nSPS) is 16.2. The van der Waals surface area contributed by atoms with E-state index in [1.165, 1.54) is 16.9 Å². The fraction of sp³-hybridized carbons (Fsp3) is 0.368. The lowest BCUT2D eigenvalue weighted by atomic mass is 9.90. The van der Waals surface area contributed by atoms with E-state index < -0.39 is 0 Å². The first-order valence-electron chi connectivity index (χ1n) is 8.47. The van der Waals surface area contributed by atoms with E-state index >= 15 is 0 Å². The van der Waals surface area contributed by atoms with Gasteiger partial charge in [-0.1, -0.05) is 30.7 Å². The van der Waals surface area contributed by atoms with E-state index in [9.17, 15) is 9.59 Å². The summed E-state index contributed by atoms with van der Waals surface area (Å²) in [5.41, 5.74) is 1.76. The van der Waals surface area contributed by atoms with Crippen LogP contribution in [-0.4, -0.2) is 24.9 Å². The summed E-state index contributed by atoms with van der Waals surface area (Å²) in [6.07, 6.45) is 3.33. The van der Waals surface area contributed by atoms with Crippen molar-refractivity contribution in [3.63, 3.8) is 0 Å². The van der Waals surface area contributed by atoms with Gasteiger partial charge in [0.15, 0.2) is 0 Å². The zero-order valence-corrected chi connectivity index (χ0v) is 15.7. The van der Waals surface area contributed by atoms with Crippen LogP contribution in [0.15, 0.2) is 30.3 Å². The number of nitrogens with one attached hydrogen (secondary N) is 2. The molecule has 2 amide bonds. The van der Waals surface area contributed by atoms with Gasteiger partial charge in [0.05, 0.1) is 15.5 Å². The number of thiophene rings is 1. The van der Waals surface area contributed by atoms with E-state index in [1.807, 2.05) is 6.07 Å². The fourth-order valence-electron chi connectivity index (χ4n) is 3.00. The van der Waals surface area contributed by atoms with Crippen LogP contribution in [-0.2, 0) is 12.8 Å². The molecule has 132 valence electrons. The lowest BCUT2D eigenvalue weighted by Gasteiger charge is -2.16. The van der Waals surface area contributed by atoms with Gasteiger partial charge in [0, 0.05) is 18.0 Å². The Labute approximate surface area is 156 Å². The second-order valence-corrected chi connectivity index (χ2v) is 7.94. The van der Waals surface area contributed by atoms with Gasteiger partial charge in [-0.05, 0) is 48.9 Å². The Bertz CT molecular complexity index is 787. The Morgan fingerprint density at radius 2 is 1.92 bits per heavy atom. The molecule has 0 radical (unpaired) electrons. The van der Waals surface area contributed by atoms with E-state index in [-0.39, 0.29) is 11.8 Å². The van der Waals surface area contributed by atoms with Crippen LogP contribution in [0.4, 0.5) is 0 Å². The first kappa shape index (κ1) is 18.0. The highest BCUT2D eigenvalue weighted by Gasteiger charge is 2.20. The molecule has 1 atom stereocenters. The Morgan fingerprint density at radius 3 is 2.68 bits per heavy atom. The highest BCUT2D eigenvalue weighted by atomic mass is 35.5. The minimum Gasteiger partial charge on any atom is -0.350 e. The van der Waals surface area contributed by atoms with Gasteiger partial charge < -0.3 is 10.6 Å². The first-order chi connectivity index (χ1) is 12.0. The number of benzene rings is 1. The Kier molecular flexibility index (Phi) is 5.76. The minimum absolute atomic E-state index is 0.0703. The number of aryl methyl sites for hydroxylation is 1. The lowest BCUT2D eigenvalue weighted by Crippen LogP contribution is -2.34. The number of hydrogen-bond donors (Lipinski definition) is 2. The number of amides is 2. The fourth-order valence-corrected chi connectivity index (χ4v) is 4.34. The second kappa shape index (κ2) is 8.02. The quantitative estimate of drug-likeness (QED) is 0.782. The number of carbonyl (C=O) groups excluding carboxylic acids is 2. The third-order valence-electron chi connectivity index (χ3n) is 4.37. The van der Waals surface area contributed by atoms with Crippen LogP contribution in [0.2, 0.25) is 5.02 Å². The molecule has 1 aromatic carbocycles. The van der Waals surface area contributed by atoms with Crippen molar-refractivity contribution in [2.45, 2.75) is 26.2 Å². The number of halogens is 1. The van der Waals surface area contributed by atoms with Crippen LogP contribution in [0.5, 0.6) is 0 Å². The molecule has 25 heavy (non-hydrogen) atoms. The van der Waals surface area contributed by atoms with E-state index in [4.69, 9.17) is 11.6 Å². The van der Waals surface area contributed by atoms with Crippen LogP contribution < -0.4 is 10.6 Å². The van der Waals surface area contributed by atoms with Gasteiger partial charge in [-0.3, -0.25) is 9.59 Å². The van der Waals surface area contributed by atoms with Gasteiger partial charge in [0.2, 0.25) is 0 Å². The molecule has 2 N–H and O–H groups in total. The van der Waals surface area contributed by atoms with Crippen molar-refractivity contribution in [2.75, 3.05) is 13.1 Å². The number of carbonyl (C=O) groups is 2. The average Bonchev–Trinajstić information content (AvgIpc) is 3.02. The molecular formula is C19H21ClN2O2S. The summed E-state index contributed by atoms with van der Waals surface area (Å²) in [5.74, 6) is 0.387. The first-order valence-corrected chi connectivity index (χ1v) is 9.66. The zero-order valence-electron chi connectivity index (χ0n) is 14.1. The van der Waals surface area contributed by atoms with Crippen LogP contribution >= 0.6 is 22.9 Å². The predicted octanol–water partition coefficient (Wildman–Crippen LogP) is 3.69. The molecule has 0 saturated heterocycles. The summed E-state index contributed by atoms with van der Waals surface area (Å²) < 4.78 is 0. The maximum Gasteiger partial charge on any atom is 0.261 e. The third kappa shape index (κ3) is 4.41. The molecule has 1 unspecified atom stereocenters. The number of fused-ring (bicyclic) bond motifs is 1. The molecule has 0 fully saturated rings. The van der Waals surface area contributed by atoms with Crippen LogP contribution in [0.1, 0.15) is 43.8 Å². The number of hydrogen-bond acceptors (Lipinski definition) is 3. The minimum atomic E-state index is -0.236. The van der Waals surface area contributed by atoms with Crippen molar-refractivity contribution < 1.29 is 9.59 Å². The summed E-state index contributed by atoms with van der Waals surface area (Å²) in [4.78, 5) is 26.4. The standard InChI is InChI=1S/C19H21ClN2O2S/c1-12-6-7-16-13(10-12)11-17(25-16)19(24)22-9-8-21-18(23)14-4-2-3-5-15(14)20/h2-5,11-12H,6-10H2,1H3,(H,21,23)(H,22,24). The highest BCUT2D eigenvalue weighted by Crippen LogP contribution is 2.32. The molecule has 1 aromatic heterocycles. The molecule has 1 heterocycles. The zero-order chi connectivity index (χ0) is 17.8. The van der Waals surface area contributed by atoms with Crippen molar-refractivity contribution in [3.8, 4) is 0 Å². The molecule has 0 spiro atoms. The molecule has 1 aliphatic rings. The molecule has 2 aromatic rings. The molecule has 1 aliphatic carbocycles. The largest absolute Gasteiger partial charge is 0.350 e. The average molecular weight is 377 g/mol. The molecule has 6 heteroatoms. The summed E-state index contributed by atoms with van der Waals surface area (Å²) in [6, 6.07) is 8.92. The predicted molar refractivity (Wildman–Crippen MR) is 102 cm³/mol. The smallest absolute Gasteiger partial charge is 0.261 e. The summed E-state index contributed by atoms with van der Waals surface area (Å²) >= 11 is 7.58. The van der Waals surface area contributed by atoms with Crippen molar-refractivity contribution >= 4 is 34.8 Å².